The van der Waals surface area contributed by atoms with E-state index in [2.05, 4.69) is 18.9 Å². The number of carbonyl (C=O) groups is 4. The molecule has 14 heteroatoms. The molecule has 0 heterocycles. The smallest absolute Gasteiger partial charge is 0.427 e. The van der Waals surface area contributed by atoms with Crippen LogP contribution in [0.4, 0.5) is 26.3 Å². The lowest BCUT2D eigenvalue weighted by atomic mass is 10.0. The third-order valence-corrected chi connectivity index (χ3v) is 3.16. The van der Waals surface area contributed by atoms with E-state index in [1.54, 1.807) is 0 Å². The molecule has 0 unspecified atom stereocenters. The predicted octanol–water partition coefficient (Wildman–Crippen LogP) is 2.79. The Balaban J connectivity index is 4.72. The fraction of sp³-hybridized carbons (Fsp3) is 0.733. The minimum Gasteiger partial charge on any atom is -0.427 e. The van der Waals surface area contributed by atoms with E-state index < -0.39 is 55.7 Å². The van der Waals surface area contributed by atoms with E-state index >= 15 is 0 Å². The molecule has 0 aromatic heterocycles. The first kappa shape index (κ1) is 26.5. The Bertz CT molecular complexity index is 528. The number of alkyl halides is 6. The lowest BCUT2D eigenvalue weighted by Gasteiger charge is -2.16. The zero-order chi connectivity index (χ0) is 22.7. The van der Waals surface area contributed by atoms with Crippen LogP contribution in [0.5, 0.6) is 0 Å². The van der Waals surface area contributed by atoms with Crippen molar-refractivity contribution in [1.29, 1.82) is 0 Å². The third kappa shape index (κ3) is 11.1. The highest BCUT2D eigenvalue weighted by Crippen LogP contribution is 2.19. The van der Waals surface area contributed by atoms with Crippen molar-refractivity contribution in [3.8, 4) is 0 Å². The van der Waals surface area contributed by atoms with Gasteiger partial charge < -0.3 is 18.9 Å². The van der Waals surface area contributed by atoms with Gasteiger partial charge in [-0.05, 0) is 6.42 Å². The van der Waals surface area contributed by atoms with Gasteiger partial charge in [-0.2, -0.15) is 26.3 Å². The molecule has 0 spiro atoms. The highest BCUT2D eigenvalue weighted by atomic mass is 19.4. The first-order valence-corrected chi connectivity index (χ1v) is 8.11. The van der Waals surface area contributed by atoms with Gasteiger partial charge in [0, 0.05) is 0 Å². The molecule has 0 atom stereocenters. The SMILES string of the molecule is CCCCCCC(C(=O)OCOC(=O)C(F)(F)F)C(=O)OCOC(=O)C(F)(F)F. The second-order valence-corrected chi connectivity index (χ2v) is 5.42. The maximum Gasteiger partial charge on any atom is 0.491 e. The number of hydrogen-bond acceptors (Lipinski definition) is 8. The number of esters is 4. The van der Waals surface area contributed by atoms with Gasteiger partial charge in [-0.15, -0.1) is 0 Å². The number of unbranched alkanes of at least 4 members (excludes halogenated alkanes) is 3. The van der Waals surface area contributed by atoms with Gasteiger partial charge in [-0.25, -0.2) is 9.59 Å². The van der Waals surface area contributed by atoms with Gasteiger partial charge in [0.2, 0.25) is 13.6 Å². The molecule has 0 N–H and O–H groups in total. The Morgan fingerprint density at radius 1 is 0.690 bits per heavy atom. The Labute approximate surface area is 160 Å². The van der Waals surface area contributed by atoms with E-state index in [-0.39, 0.29) is 12.8 Å². The zero-order valence-corrected chi connectivity index (χ0v) is 15.1. The molecule has 0 aromatic carbocycles. The molecule has 0 bridgehead atoms. The van der Waals surface area contributed by atoms with Crippen molar-refractivity contribution < 1.29 is 64.5 Å². The summed E-state index contributed by atoms with van der Waals surface area (Å²) in [7, 11) is 0. The minimum absolute atomic E-state index is 0.210. The van der Waals surface area contributed by atoms with Crippen LogP contribution >= 0.6 is 0 Å². The summed E-state index contributed by atoms with van der Waals surface area (Å²) >= 11 is 0. The summed E-state index contributed by atoms with van der Waals surface area (Å²) in [5.41, 5.74) is 0. The summed E-state index contributed by atoms with van der Waals surface area (Å²) < 4.78 is 87.7. The van der Waals surface area contributed by atoms with Gasteiger partial charge in [0.1, 0.15) is 0 Å². The van der Waals surface area contributed by atoms with Crippen LogP contribution in [0.1, 0.15) is 39.0 Å². The number of carbonyl (C=O) groups excluding carboxylic acids is 4. The molecule has 0 amide bonds. The van der Waals surface area contributed by atoms with Crippen molar-refractivity contribution in [2.45, 2.75) is 51.4 Å². The highest BCUT2D eigenvalue weighted by Gasteiger charge is 2.42. The monoisotopic (exact) mass is 440 g/mol. The molecule has 0 aromatic rings. The van der Waals surface area contributed by atoms with Crippen LogP contribution in [0, 0.1) is 5.92 Å². The molecule has 8 nitrogen and oxygen atoms in total. The summed E-state index contributed by atoms with van der Waals surface area (Å²) in [6, 6.07) is 0. The molecule has 0 aliphatic carbocycles. The van der Waals surface area contributed by atoms with Gasteiger partial charge in [0.15, 0.2) is 5.92 Å². The predicted molar refractivity (Wildman–Crippen MR) is 78.5 cm³/mol. The molecule has 29 heavy (non-hydrogen) atoms. The van der Waals surface area contributed by atoms with E-state index in [0.29, 0.717) is 6.42 Å². The van der Waals surface area contributed by atoms with Gasteiger partial charge in [-0.3, -0.25) is 9.59 Å². The topological polar surface area (TPSA) is 105 Å². The normalized spacial score (nSPS) is 11.7. The van der Waals surface area contributed by atoms with E-state index in [9.17, 15) is 45.5 Å². The van der Waals surface area contributed by atoms with Gasteiger partial charge >= 0.3 is 36.2 Å². The summed E-state index contributed by atoms with van der Waals surface area (Å²) in [6.07, 6.45) is -8.52. The van der Waals surface area contributed by atoms with Crippen LogP contribution in [0.2, 0.25) is 0 Å². The van der Waals surface area contributed by atoms with Crippen LogP contribution in [0.15, 0.2) is 0 Å². The van der Waals surface area contributed by atoms with Crippen LogP contribution in [-0.2, 0) is 38.1 Å². The van der Waals surface area contributed by atoms with E-state index in [4.69, 9.17) is 0 Å². The van der Waals surface area contributed by atoms with Crippen molar-refractivity contribution in [1.82, 2.24) is 0 Å². The molecule has 0 rings (SSSR count). The molecule has 0 saturated heterocycles. The number of ether oxygens (including phenoxy) is 4. The first-order valence-electron chi connectivity index (χ1n) is 8.11. The Morgan fingerprint density at radius 3 is 1.45 bits per heavy atom. The average Bonchev–Trinajstić information content (AvgIpc) is 2.59. The van der Waals surface area contributed by atoms with Crippen LogP contribution in [-0.4, -0.2) is 49.8 Å². The summed E-state index contributed by atoms with van der Waals surface area (Å²) in [5.74, 6) is -9.86. The number of halogens is 6. The highest BCUT2D eigenvalue weighted by molar-refractivity contribution is 5.94. The summed E-state index contributed by atoms with van der Waals surface area (Å²) in [6.45, 7) is -1.03. The molecule has 0 saturated carbocycles. The second kappa shape index (κ2) is 12.1. The van der Waals surface area contributed by atoms with Gasteiger partial charge in [0.25, 0.3) is 0 Å². The largest absolute Gasteiger partial charge is 0.491 e. The van der Waals surface area contributed by atoms with E-state index in [1.807, 2.05) is 6.92 Å². The molecule has 0 fully saturated rings. The van der Waals surface area contributed by atoms with Crippen molar-refractivity contribution in [2.24, 2.45) is 5.92 Å². The molecule has 0 radical (unpaired) electrons. The quantitative estimate of drug-likeness (QED) is 0.159. The summed E-state index contributed by atoms with van der Waals surface area (Å²) in [4.78, 5) is 44.7. The van der Waals surface area contributed by atoms with Crippen molar-refractivity contribution in [3.05, 3.63) is 0 Å². The minimum atomic E-state index is -5.33. The van der Waals surface area contributed by atoms with E-state index in [0.717, 1.165) is 12.8 Å². The number of hydrogen-bond donors (Lipinski definition) is 0. The fourth-order valence-corrected chi connectivity index (χ4v) is 1.75. The number of rotatable bonds is 11. The second-order valence-electron chi connectivity index (χ2n) is 5.42. The first-order chi connectivity index (χ1) is 13.3. The van der Waals surface area contributed by atoms with E-state index in [1.165, 1.54) is 0 Å². The molecule has 168 valence electrons. The Kier molecular flexibility index (Phi) is 11.1. The van der Waals surface area contributed by atoms with Crippen LogP contribution in [0.3, 0.4) is 0 Å². The lowest BCUT2D eigenvalue weighted by Crippen LogP contribution is -2.32. The summed E-state index contributed by atoms with van der Waals surface area (Å²) in [5, 5.41) is 0. The molecular weight excluding hydrogens is 422 g/mol. The molecule has 0 aliphatic heterocycles. The van der Waals surface area contributed by atoms with Gasteiger partial charge in [-0.1, -0.05) is 32.6 Å². The third-order valence-electron chi connectivity index (χ3n) is 3.16. The van der Waals surface area contributed by atoms with Crippen LogP contribution < -0.4 is 0 Å². The molecule has 0 aliphatic rings. The average molecular weight is 440 g/mol. The van der Waals surface area contributed by atoms with Crippen molar-refractivity contribution in [2.75, 3.05) is 13.6 Å². The van der Waals surface area contributed by atoms with Crippen molar-refractivity contribution in [3.63, 3.8) is 0 Å². The maximum absolute atomic E-state index is 12.0. The molecular formula is C15H18F6O8. The zero-order valence-electron chi connectivity index (χ0n) is 15.1. The van der Waals surface area contributed by atoms with Gasteiger partial charge in [0.05, 0.1) is 0 Å². The van der Waals surface area contributed by atoms with Crippen LogP contribution in [0.25, 0.3) is 0 Å². The standard InChI is InChI=1S/C15H18F6O8/c1-2-3-4-5-6-9(10(22)26-7-28-12(24)14(16,17)18)11(23)27-8-29-13(25)15(19,20)21/h9H,2-8H2,1H3. The maximum atomic E-state index is 12.0. The van der Waals surface area contributed by atoms with Crippen molar-refractivity contribution >= 4 is 23.9 Å². The Hall–Kier alpha value is -2.54. The fourth-order valence-electron chi connectivity index (χ4n) is 1.75. The lowest BCUT2D eigenvalue weighted by molar-refractivity contribution is -0.213. The Morgan fingerprint density at radius 2 is 1.10 bits per heavy atom.